The van der Waals surface area contributed by atoms with Gasteiger partial charge in [0.1, 0.15) is 8.24 Å². The van der Waals surface area contributed by atoms with E-state index in [1.807, 2.05) is 0 Å². The highest BCUT2D eigenvalue weighted by molar-refractivity contribution is 9.10. The number of allylic oxidation sites excluding steroid dienone is 2. The van der Waals surface area contributed by atoms with Crippen LogP contribution in [0.4, 0.5) is 0 Å². The first-order valence-electron chi connectivity index (χ1n) is 7.12. The summed E-state index contributed by atoms with van der Waals surface area (Å²) in [6.45, 7) is 12.0. The van der Waals surface area contributed by atoms with Gasteiger partial charge in [0.2, 0.25) is 0 Å². The summed E-state index contributed by atoms with van der Waals surface area (Å²) in [5.74, 6) is 0. The summed E-state index contributed by atoms with van der Waals surface area (Å²) >= 11 is 3.50. The van der Waals surface area contributed by atoms with Crippen LogP contribution in [0.15, 0.2) is 47.1 Å². The first-order valence-corrected chi connectivity index (χ1v) is 10.9. The number of hydrogen-bond acceptors (Lipinski definition) is 1. The molecule has 4 heteroatoms. The fourth-order valence-electron chi connectivity index (χ4n) is 2.22. The maximum atomic E-state index is 3.50. The predicted octanol–water partition coefficient (Wildman–Crippen LogP) is 4.98. The molecule has 0 bridgehead atoms. The SMILES string of the molecule is CC(C)(C)[Si](C)(C)N1BC(c2ccc(Br)cc2)=CC=C1. The van der Waals surface area contributed by atoms with Gasteiger partial charge in [0.15, 0.2) is 0 Å². The van der Waals surface area contributed by atoms with Gasteiger partial charge in [-0.3, -0.25) is 0 Å². The lowest BCUT2D eigenvalue weighted by molar-refractivity contribution is 0.658. The molecule has 0 saturated carbocycles. The van der Waals surface area contributed by atoms with E-state index in [0.29, 0.717) is 5.04 Å². The Balaban J connectivity index is 2.24. The zero-order valence-electron chi connectivity index (χ0n) is 13.1. The van der Waals surface area contributed by atoms with Crippen LogP contribution in [0.2, 0.25) is 18.1 Å². The standard InChI is InChI=1S/C16H23BBrNSi/c1-16(2,3)20(4,5)19-12-6-7-15(17-19)13-8-10-14(18)11-9-13/h6-12,17H,1-5H3. The van der Waals surface area contributed by atoms with Gasteiger partial charge in [-0.15, -0.1) is 0 Å². The number of benzene rings is 1. The van der Waals surface area contributed by atoms with Gasteiger partial charge < -0.3 is 4.48 Å². The van der Waals surface area contributed by atoms with Crippen molar-refractivity contribution in [3.63, 3.8) is 0 Å². The van der Waals surface area contributed by atoms with E-state index in [9.17, 15) is 0 Å². The number of rotatable bonds is 2. The third-order valence-corrected chi connectivity index (χ3v) is 10.6. The maximum Gasteiger partial charge on any atom is 0.261 e. The predicted molar refractivity (Wildman–Crippen MR) is 97.4 cm³/mol. The maximum absolute atomic E-state index is 3.50. The second kappa shape index (κ2) is 5.57. The van der Waals surface area contributed by atoms with Crippen molar-refractivity contribution in [2.24, 2.45) is 0 Å². The molecule has 106 valence electrons. The number of hydrogen-bond donors (Lipinski definition) is 0. The minimum absolute atomic E-state index is 0.361. The van der Waals surface area contributed by atoms with Crippen LogP contribution >= 0.6 is 15.9 Å². The van der Waals surface area contributed by atoms with E-state index in [2.05, 4.69) is 96.9 Å². The van der Waals surface area contributed by atoms with Gasteiger partial charge >= 0.3 is 0 Å². The van der Waals surface area contributed by atoms with Crippen molar-refractivity contribution in [2.45, 2.75) is 38.9 Å². The summed E-state index contributed by atoms with van der Waals surface area (Å²) in [7, 11) is -0.471. The monoisotopic (exact) mass is 347 g/mol. The van der Waals surface area contributed by atoms with Gasteiger partial charge in [0, 0.05) is 4.47 Å². The van der Waals surface area contributed by atoms with Crippen molar-refractivity contribution in [3.8, 4) is 0 Å². The van der Waals surface area contributed by atoms with Crippen LogP contribution in [-0.4, -0.2) is 20.1 Å². The minimum Gasteiger partial charge on any atom is -0.447 e. The van der Waals surface area contributed by atoms with Crippen molar-refractivity contribution < 1.29 is 0 Å². The second-order valence-corrected chi connectivity index (χ2v) is 13.1. The quantitative estimate of drug-likeness (QED) is 0.682. The Hall–Kier alpha value is -0.738. The van der Waals surface area contributed by atoms with E-state index in [-0.39, 0.29) is 0 Å². The molecule has 0 aliphatic carbocycles. The first kappa shape index (κ1) is 15.6. The van der Waals surface area contributed by atoms with Gasteiger partial charge in [-0.05, 0) is 35.0 Å². The summed E-state index contributed by atoms with van der Waals surface area (Å²) in [6, 6.07) is 8.62. The summed E-state index contributed by atoms with van der Waals surface area (Å²) in [5, 5.41) is 0.361. The Kier molecular flexibility index (Phi) is 4.36. The normalized spacial score (nSPS) is 15.9. The molecule has 1 nitrogen and oxygen atoms in total. The molecule has 1 heterocycles. The van der Waals surface area contributed by atoms with Crippen molar-refractivity contribution in [2.75, 3.05) is 0 Å². The van der Waals surface area contributed by atoms with Crippen molar-refractivity contribution in [1.82, 2.24) is 4.48 Å². The molecule has 1 aromatic carbocycles. The molecule has 0 amide bonds. The highest BCUT2D eigenvalue weighted by Gasteiger charge is 2.40. The van der Waals surface area contributed by atoms with Crippen LogP contribution in [-0.2, 0) is 0 Å². The van der Waals surface area contributed by atoms with E-state index < -0.39 is 8.24 Å². The molecule has 0 unspecified atom stereocenters. The molecule has 0 fully saturated rings. The zero-order valence-corrected chi connectivity index (χ0v) is 15.7. The van der Waals surface area contributed by atoms with E-state index in [1.165, 1.54) is 11.0 Å². The smallest absolute Gasteiger partial charge is 0.261 e. The zero-order chi connectivity index (χ0) is 15.0. The van der Waals surface area contributed by atoms with Crippen LogP contribution in [0.25, 0.3) is 5.47 Å². The highest BCUT2D eigenvalue weighted by atomic mass is 79.9. The third-order valence-electron chi connectivity index (χ3n) is 4.67. The molecule has 1 aromatic rings. The molecule has 0 spiro atoms. The average Bonchev–Trinajstić information content (AvgIpc) is 2.38. The molecular weight excluding hydrogens is 325 g/mol. The molecule has 0 radical (unpaired) electrons. The van der Waals surface area contributed by atoms with Crippen molar-refractivity contribution >= 4 is 37.1 Å². The molecule has 1 aliphatic rings. The summed E-state index contributed by atoms with van der Waals surface area (Å²) < 4.78 is 3.72. The molecular formula is C16H23BBrNSi. The molecule has 0 saturated heterocycles. The Bertz CT molecular complexity index is 541. The largest absolute Gasteiger partial charge is 0.447 e. The molecule has 0 aromatic heterocycles. The van der Waals surface area contributed by atoms with Gasteiger partial charge in [-0.25, -0.2) is 0 Å². The number of nitrogens with zero attached hydrogens (tertiary/aromatic N) is 1. The fraction of sp³-hybridized carbons (Fsp3) is 0.375. The average molecular weight is 348 g/mol. The van der Waals surface area contributed by atoms with Crippen LogP contribution < -0.4 is 0 Å². The Morgan fingerprint density at radius 2 is 1.70 bits per heavy atom. The Morgan fingerprint density at radius 1 is 1.10 bits per heavy atom. The van der Waals surface area contributed by atoms with Gasteiger partial charge in [-0.1, -0.05) is 73.5 Å². The third kappa shape index (κ3) is 3.12. The van der Waals surface area contributed by atoms with Crippen LogP contribution in [0, 0.1) is 0 Å². The molecule has 20 heavy (non-hydrogen) atoms. The Morgan fingerprint density at radius 3 is 2.25 bits per heavy atom. The van der Waals surface area contributed by atoms with E-state index in [4.69, 9.17) is 0 Å². The Labute approximate surface area is 133 Å². The number of halogens is 1. The molecule has 2 rings (SSSR count). The van der Waals surface area contributed by atoms with E-state index in [1.54, 1.807) is 0 Å². The van der Waals surface area contributed by atoms with Gasteiger partial charge in [0.25, 0.3) is 7.41 Å². The van der Waals surface area contributed by atoms with Crippen LogP contribution in [0.1, 0.15) is 26.3 Å². The second-order valence-electron chi connectivity index (χ2n) is 6.98. The summed E-state index contributed by atoms with van der Waals surface area (Å²) in [4.78, 5) is 0. The first-order chi connectivity index (χ1) is 9.22. The van der Waals surface area contributed by atoms with E-state index in [0.717, 1.165) is 11.9 Å². The molecule has 0 atom stereocenters. The molecule has 1 aliphatic heterocycles. The lowest BCUT2D eigenvalue weighted by atomic mass is 9.76. The minimum atomic E-state index is -1.49. The molecule has 0 N–H and O–H groups in total. The van der Waals surface area contributed by atoms with Crippen LogP contribution in [0.3, 0.4) is 0 Å². The topological polar surface area (TPSA) is 3.24 Å². The lowest BCUT2D eigenvalue weighted by Gasteiger charge is -2.47. The highest BCUT2D eigenvalue weighted by Crippen LogP contribution is 2.39. The van der Waals surface area contributed by atoms with Crippen molar-refractivity contribution in [3.05, 3.63) is 52.7 Å². The summed E-state index contributed by atoms with van der Waals surface area (Å²) in [6.07, 6.45) is 6.72. The lowest BCUT2D eigenvalue weighted by Crippen LogP contribution is -2.54. The summed E-state index contributed by atoms with van der Waals surface area (Å²) in [5.41, 5.74) is 2.73. The van der Waals surface area contributed by atoms with Crippen molar-refractivity contribution in [1.29, 1.82) is 0 Å². The van der Waals surface area contributed by atoms with Gasteiger partial charge in [-0.2, -0.15) is 0 Å². The fourth-order valence-corrected chi connectivity index (χ4v) is 4.37. The van der Waals surface area contributed by atoms with Gasteiger partial charge in [0.05, 0.1) is 0 Å². The van der Waals surface area contributed by atoms with E-state index >= 15 is 0 Å². The van der Waals surface area contributed by atoms with Crippen LogP contribution in [0.5, 0.6) is 0 Å².